The Kier molecular flexibility index (Phi) is 4.87. The normalized spacial score (nSPS) is 12.9. The summed E-state index contributed by atoms with van der Waals surface area (Å²) in [5.41, 5.74) is 0.975. The number of aliphatic hydroxyl groups is 1. The lowest BCUT2D eigenvalue weighted by molar-refractivity contribution is 0.0713. The Morgan fingerprint density at radius 1 is 1.36 bits per heavy atom. The van der Waals surface area contributed by atoms with Gasteiger partial charge in [-0.05, 0) is 51.3 Å². The van der Waals surface area contributed by atoms with Gasteiger partial charge >= 0.3 is 0 Å². The third-order valence-corrected chi connectivity index (χ3v) is 3.34. The van der Waals surface area contributed by atoms with Crippen LogP contribution in [0.15, 0.2) is 24.3 Å². The van der Waals surface area contributed by atoms with Gasteiger partial charge in [0.1, 0.15) is 0 Å². The standard InChI is InChI=1S/C15H21N5O2/c1-10(13-17-19-20-18-13)16-14(21)12-6-4-11(5-7-12)8-9-15(2,3)22/h4-7,10,22H,8-9H2,1-3H3,(H,16,21)(H,17,18,19,20). The maximum Gasteiger partial charge on any atom is 0.251 e. The van der Waals surface area contributed by atoms with E-state index in [1.54, 1.807) is 32.9 Å². The van der Waals surface area contributed by atoms with E-state index in [0.717, 1.165) is 12.0 Å². The van der Waals surface area contributed by atoms with Crippen LogP contribution in [0.2, 0.25) is 0 Å². The molecule has 0 radical (unpaired) electrons. The van der Waals surface area contributed by atoms with E-state index >= 15 is 0 Å². The molecule has 0 spiro atoms. The summed E-state index contributed by atoms with van der Waals surface area (Å²) in [7, 11) is 0. The van der Waals surface area contributed by atoms with Crippen LogP contribution in [0.4, 0.5) is 0 Å². The molecular weight excluding hydrogens is 282 g/mol. The number of carbonyl (C=O) groups is 1. The number of aromatic amines is 1. The largest absolute Gasteiger partial charge is 0.390 e. The summed E-state index contributed by atoms with van der Waals surface area (Å²) in [4.78, 5) is 12.1. The minimum atomic E-state index is -0.684. The van der Waals surface area contributed by atoms with Crippen LogP contribution in [0.5, 0.6) is 0 Å². The van der Waals surface area contributed by atoms with Gasteiger partial charge in [0, 0.05) is 5.56 Å². The van der Waals surface area contributed by atoms with E-state index in [1.807, 2.05) is 12.1 Å². The van der Waals surface area contributed by atoms with Crippen LogP contribution in [-0.2, 0) is 6.42 Å². The van der Waals surface area contributed by atoms with Gasteiger partial charge in [0.15, 0.2) is 5.82 Å². The molecule has 0 aliphatic carbocycles. The molecule has 2 rings (SSSR count). The molecule has 7 nitrogen and oxygen atoms in total. The highest BCUT2D eigenvalue weighted by atomic mass is 16.3. The quantitative estimate of drug-likeness (QED) is 0.748. The van der Waals surface area contributed by atoms with Gasteiger partial charge < -0.3 is 10.4 Å². The topological polar surface area (TPSA) is 104 Å². The third-order valence-electron chi connectivity index (χ3n) is 3.34. The number of H-pyrrole nitrogens is 1. The van der Waals surface area contributed by atoms with Crippen molar-refractivity contribution in [2.75, 3.05) is 0 Å². The number of benzene rings is 1. The summed E-state index contributed by atoms with van der Waals surface area (Å²) < 4.78 is 0. The number of hydrogen-bond donors (Lipinski definition) is 3. The summed E-state index contributed by atoms with van der Waals surface area (Å²) in [6, 6.07) is 7.04. The number of amides is 1. The minimum Gasteiger partial charge on any atom is -0.390 e. The molecule has 1 atom stereocenters. The summed E-state index contributed by atoms with van der Waals surface area (Å²) in [6.45, 7) is 5.36. The Morgan fingerprint density at radius 3 is 2.59 bits per heavy atom. The molecule has 1 unspecified atom stereocenters. The number of carbonyl (C=O) groups excluding carboxylic acids is 1. The SMILES string of the molecule is CC(NC(=O)c1ccc(CCC(C)(C)O)cc1)c1nn[nH]n1. The second-order valence-electron chi connectivity index (χ2n) is 5.97. The molecule has 0 aliphatic heterocycles. The Bertz CT molecular complexity index is 602. The highest BCUT2D eigenvalue weighted by Gasteiger charge is 2.15. The first-order chi connectivity index (χ1) is 10.3. The molecule has 0 bridgehead atoms. The molecule has 0 saturated carbocycles. The highest BCUT2D eigenvalue weighted by molar-refractivity contribution is 5.94. The molecule has 1 aromatic heterocycles. The fraction of sp³-hybridized carbons (Fsp3) is 0.467. The zero-order valence-electron chi connectivity index (χ0n) is 13.0. The molecule has 7 heteroatoms. The molecule has 3 N–H and O–H groups in total. The van der Waals surface area contributed by atoms with E-state index in [4.69, 9.17) is 0 Å². The lowest BCUT2D eigenvalue weighted by Gasteiger charge is -2.16. The predicted molar refractivity (Wildman–Crippen MR) is 81.1 cm³/mol. The Labute approximate surface area is 129 Å². The van der Waals surface area contributed by atoms with Gasteiger partial charge in [-0.15, -0.1) is 10.2 Å². The van der Waals surface area contributed by atoms with E-state index in [2.05, 4.69) is 25.9 Å². The summed E-state index contributed by atoms with van der Waals surface area (Å²) in [6.07, 6.45) is 1.44. The third kappa shape index (κ3) is 4.63. The van der Waals surface area contributed by atoms with E-state index in [1.165, 1.54) is 0 Å². The van der Waals surface area contributed by atoms with Crippen molar-refractivity contribution in [2.45, 2.75) is 45.3 Å². The number of nitrogens with zero attached hydrogens (tertiary/aromatic N) is 3. The molecule has 1 heterocycles. The van der Waals surface area contributed by atoms with Crippen LogP contribution in [0.25, 0.3) is 0 Å². The van der Waals surface area contributed by atoms with Gasteiger partial charge in [-0.1, -0.05) is 17.3 Å². The van der Waals surface area contributed by atoms with Crippen molar-refractivity contribution in [2.24, 2.45) is 0 Å². The first-order valence-electron chi connectivity index (χ1n) is 7.21. The number of rotatable bonds is 6. The Hall–Kier alpha value is -2.28. The number of aryl methyl sites for hydroxylation is 1. The fourth-order valence-corrected chi connectivity index (χ4v) is 1.97. The predicted octanol–water partition coefficient (Wildman–Crippen LogP) is 1.39. The van der Waals surface area contributed by atoms with E-state index in [0.29, 0.717) is 17.8 Å². The van der Waals surface area contributed by atoms with Crippen molar-refractivity contribution in [3.8, 4) is 0 Å². The van der Waals surface area contributed by atoms with E-state index < -0.39 is 5.60 Å². The van der Waals surface area contributed by atoms with Gasteiger partial charge in [-0.25, -0.2) is 0 Å². The monoisotopic (exact) mass is 303 g/mol. The highest BCUT2D eigenvalue weighted by Crippen LogP contribution is 2.14. The van der Waals surface area contributed by atoms with Crippen LogP contribution in [0.3, 0.4) is 0 Å². The average Bonchev–Trinajstić information content (AvgIpc) is 2.99. The van der Waals surface area contributed by atoms with E-state index in [-0.39, 0.29) is 11.9 Å². The second-order valence-corrected chi connectivity index (χ2v) is 5.97. The van der Waals surface area contributed by atoms with Gasteiger partial charge in [-0.3, -0.25) is 4.79 Å². The first kappa shape index (κ1) is 16.1. The molecular formula is C15H21N5O2. The van der Waals surface area contributed by atoms with Gasteiger partial charge in [0.2, 0.25) is 0 Å². The molecule has 0 fully saturated rings. The maximum absolute atomic E-state index is 12.1. The van der Waals surface area contributed by atoms with Crippen LogP contribution < -0.4 is 5.32 Å². The van der Waals surface area contributed by atoms with E-state index in [9.17, 15) is 9.90 Å². The van der Waals surface area contributed by atoms with Crippen molar-refractivity contribution < 1.29 is 9.90 Å². The summed E-state index contributed by atoms with van der Waals surface area (Å²) in [5.74, 6) is 0.251. The van der Waals surface area contributed by atoms with Crippen molar-refractivity contribution >= 4 is 5.91 Å². The molecule has 0 aliphatic rings. The molecule has 2 aromatic rings. The zero-order chi connectivity index (χ0) is 16.2. The first-order valence-corrected chi connectivity index (χ1v) is 7.21. The number of hydrogen-bond acceptors (Lipinski definition) is 5. The Morgan fingerprint density at radius 2 is 2.05 bits per heavy atom. The molecule has 22 heavy (non-hydrogen) atoms. The van der Waals surface area contributed by atoms with Crippen molar-refractivity contribution in [3.63, 3.8) is 0 Å². The summed E-state index contributed by atoms with van der Waals surface area (Å²) >= 11 is 0. The van der Waals surface area contributed by atoms with Crippen LogP contribution in [0, 0.1) is 0 Å². The number of aromatic nitrogens is 4. The molecule has 0 saturated heterocycles. The van der Waals surface area contributed by atoms with Crippen molar-refractivity contribution in [3.05, 3.63) is 41.2 Å². The van der Waals surface area contributed by atoms with Crippen LogP contribution in [-0.4, -0.2) is 37.2 Å². The lowest BCUT2D eigenvalue weighted by Crippen LogP contribution is -2.27. The van der Waals surface area contributed by atoms with Gasteiger partial charge in [0.05, 0.1) is 11.6 Å². The molecule has 1 amide bonds. The molecule has 1 aromatic carbocycles. The smallest absolute Gasteiger partial charge is 0.251 e. The summed E-state index contributed by atoms with van der Waals surface area (Å²) in [5, 5.41) is 26.0. The number of nitrogens with one attached hydrogen (secondary N) is 2. The lowest BCUT2D eigenvalue weighted by atomic mass is 9.98. The fourth-order valence-electron chi connectivity index (χ4n) is 1.97. The van der Waals surface area contributed by atoms with Crippen LogP contribution in [0.1, 0.15) is 55.0 Å². The Balaban J connectivity index is 1.93. The second kappa shape index (κ2) is 6.65. The maximum atomic E-state index is 12.1. The van der Waals surface area contributed by atoms with Crippen molar-refractivity contribution in [1.29, 1.82) is 0 Å². The van der Waals surface area contributed by atoms with Crippen LogP contribution >= 0.6 is 0 Å². The van der Waals surface area contributed by atoms with Crippen molar-refractivity contribution in [1.82, 2.24) is 25.9 Å². The number of tetrazole rings is 1. The average molecular weight is 303 g/mol. The molecule has 118 valence electrons. The zero-order valence-corrected chi connectivity index (χ0v) is 13.0. The minimum absolute atomic E-state index is 0.189. The van der Waals surface area contributed by atoms with Gasteiger partial charge in [0.25, 0.3) is 5.91 Å². The van der Waals surface area contributed by atoms with Gasteiger partial charge in [-0.2, -0.15) is 5.21 Å².